The van der Waals surface area contributed by atoms with E-state index in [2.05, 4.69) is 17.5 Å². The summed E-state index contributed by atoms with van der Waals surface area (Å²) in [5.41, 5.74) is 4.46. The highest BCUT2D eigenvalue weighted by molar-refractivity contribution is 6.31. The van der Waals surface area contributed by atoms with E-state index in [0.29, 0.717) is 11.4 Å². The van der Waals surface area contributed by atoms with Crippen molar-refractivity contribution in [3.63, 3.8) is 0 Å². The Morgan fingerprint density at radius 1 is 1.14 bits per heavy atom. The molecule has 0 saturated heterocycles. The van der Waals surface area contributed by atoms with E-state index in [4.69, 9.17) is 11.6 Å². The summed E-state index contributed by atoms with van der Waals surface area (Å²) in [6, 6.07) is 7.54. The second-order valence-electron chi connectivity index (χ2n) is 5.48. The molecule has 0 radical (unpaired) electrons. The van der Waals surface area contributed by atoms with Gasteiger partial charge in [0.25, 0.3) is 0 Å². The van der Waals surface area contributed by atoms with Gasteiger partial charge in [-0.05, 0) is 30.5 Å². The molecule has 0 saturated carbocycles. The van der Waals surface area contributed by atoms with Gasteiger partial charge in [-0.3, -0.25) is 4.79 Å². The van der Waals surface area contributed by atoms with Gasteiger partial charge in [-0.2, -0.15) is 5.10 Å². The van der Waals surface area contributed by atoms with Gasteiger partial charge in [0.15, 0.2) is 0 Å². The lowest BCUT2D eigenvalue weighted by Gasteiger charge is -2.06. The highest BCUT2D eigenvalue weighted by Crippen LogP contribution is 2.13. The number of rotatable bonds is 10. The number of amides is 1. The summed E-state index contributed by atoms with van der Waals surface area (Å²) in [7, 11) is 0. The molecule has 0 unspecified atom stereocenters. The van der Waals surface area contributed by atoms with Crippen LogP contribution in [0.1, 0.15) is 70.8 Å². The van der Waals surface area contributed by atoms with Crippen molar-refractivity contribution in [1.82, 2.24) is 5.43 Å². The van der Waals surface area contributed by atoms with Gasteiger partial charge in [0.2, 0.25) is 5.91 Å². The molecule has 0 fully saturated rings. The maximum Gasteiger partial charge on any atom is 0.240 e. The molecule has 0 aromatic heterocycles. The molecule has 4 heteroatoms. The zero-order chi connectivity index (χ0) is 16.2. The van der Waals surface area contributed by atoms with Crippen molar-refractivity contribution in [2.75, 3.05) is 0 Å². The Kier molecular flexibility index (Phi) is 9.56. The van der Waals surface area contributed by atoms with E-state index in [1.54, 1.807) is 0 Å². The smallest absolute Gasteiger partial charge is 0.240 e. The molecular weight excluding hydrogens is 296 g/mol. The fraction of sp³-hybridized carbons (Fsp3) is 0.556. The number of carbonyl (C=O) groups is 1. The van der Waals surface area contributed by atoms with Crippen LogP contribution < -0.4 is 5.43 Å². The van der Waals surface area contributed by atoms with Crippen molar-refractivity contribution < 1.29 is 4.79 Å². The first kappa shape index (κ1) is 18.7. The molecule has 1 aromatic rings. The first-order chi connectivity index (χ1) is 10.7. The van der Waals surface area contributed by atoms with Gasteiger partial charge < -0.3 is 0 Å². The van der Waals surface area contributed by atoms with Crippen LogP contribution in [0.5, 0.6) is 0 Å². The largest absolute Gasteiger partial charge is 0.273 e. The molecule has 0 aliphatic rings. The zero-order valence-electron chi connectivity index (χ0n) is 13.7. The normalized spacial score (nSPS) is 11.5. The first-order valence-electron chi connectivity index (χ1n) is 8.28. The van der Waals surface area contributed by atoms with Crippen molar-refractivity contribution in [1.29, 1.82) is 0 Å². The van der Waals surface area contributed by atoms with Gasteiger partial charge >= 0.3 is 0 Å². The summed E-state index contributed by atoms with van der Waals surface area (Å²) in [6.07, 6.45) is 8.36. The number of halogens is 1. The molecule has 0 spiro atoms. The summed E-state index contributed by atoms with van der Waals surface area (Å²) < 4.78 is 0. The van der Waals surface area contributed by atoms with E-state index >= 15 is 0 Å². The van der Waals surface area contributed by atoms with E-state index in [1.807, 2.05) is 31.2 Å². The molecule has 0 bridgehead atoms. The molecule has 3 nitrogen and oxygen atoms in total. The van der Waals surface area contributed by atoms with Crippen LogP contribution in [-0.2, 0) is 4.79 Å². The number of hydrazone groups is 1. The molecule has 1 aromatic carbocycles. The van der Waals surface area contributed by atoms with Gasteiger partial charge in [-0.25, -0.2) is 5.43 Å². The molecule has 122 valence electrons. The Morgan fingerprint density at radius 3 is 2.55 bits per heavy atom. The summed E-state index contributed by atoms with van der Waals surface area (Å²) in [6.45, 7) is 4.22. The van der Waals surface area contributed by atoms with Crippen molar-refractivity contribution in [2.24, 2.45) is 5.10 Å². The van der Waals surface area contributed by atoms with Crippen LogP contribution in [0, 0.1) is 0 Å². The molecular formula is C18H27ClN2O. The minimum Gasteiger partial charge on any atom is -0.273 e. The summed E-state index contributed by atoms with van der Waals surface area (Å²) >= 11 is 5.99. The number of carbonyl (C=O) groups excluding carboxylic acids is 1. The molecule has 1 amide bonds. The Labute approximate surface area is 139 Å². The highest BCUT2D eigenvalue weighted by Gasteiger charge is 2.04. The van der Waals surface area contributed by atoms with Crippen LogP contribution in [0.15, 0.2) is 29.4 Å². The van der Waals surface area contributed by atoms with Gasteiger partial charge in [0, 0.05) is 11.4 Å². The quantitative estimate of drug-likeness (QED) is 0.353. The van der Waals surface area contributed by atoms with Crippen LogP contribution >= 0.6 is 11.6 Å². The van der Waals surface area contributed by atoms with Gasteiger partial charge in [-0.15, -0.1) is 0 Å². The predicted octanol–water partition coefficient (Wildman–Crippen LogP) is 5.32. The van der Waals surface area contributed by atoms with Crippen LogP contribution in [0.2, 0.25) is 5.02 Å². The van der Waals surface area contributed by atoms with Crippen LogP contribution in [0.25, 0.3) is 0 Å². The summed E-state index contributed by atoms with van der Waals surface area (Å²) in [5.74, 6) is -0.0107. The fourth-order valence-electron chi connectivity index (χ4n) is 2.27. The van der Waals surface area contributed by atoms with E-state index in [0.717, 1.165) is 30.5 Å². The Bertz CT molecular complexity index is 486. The molecule has 1 N–H and O–H groups in total. The maximum atomic E-state index is 11.8. The van der Waals surface area contributed by atoms with Crippen LogP contribution in [-0.4, -0.2) is 11.6 Å². The first-order valence-corrected chi connectivity index (χ1v) is 8.66. The lowest BCUT2D eigenvalue weighted by atomic mass is 10.1. The van der Waals surface area contributed by atoms with E-state index in [1.165, 1.54) is 25.7 Å². The number of unbranched alkanes of at least 4 members (excludes halogenated alkanes) is 5. The number of benzene rings is 1. The maximum absolute atomic E-state index is 11.8. The molecule has 0 heterocycles. The van der Waals surface area contributed by atoms with Gasteiger partial charge in [-0.1, -0.05) is 69.7 Å². The second kappa shape index (κ2) is 11.2. The Hall–Kier alpha value is -1.35. The van der Waals surface area contributed by atoms with Crippen molar-refractivity contribution in [3.8, 4) is 0 Å². The monoisotopic (exact) mass is 322 g/mol. The molecule has 1 rings (SSSR count). The summed E-state index contributed by atoms with van der Waals surface area (Å²) in [4.78, 5) is 11.8. The molecule has 22 heavy (non-hydrogen) atoms. The number of nitrogens with zero attached hydrogens (tertiary/aromatic N) is 1. The van der Waals surface area contributed by atoms with Crippen molar-refractivity contribution >= 4 is 23.2 Å². The lowest BCUT2D eigenvalue weighted by Crippen LogP contribution is -2.19. The minimum absolute atomic E-state index is 0.0107. The Morgan fingerprint density at radius 2 is 1.86 bits per heavy atom. The van der Waals surface area contributed by atoms with Crippen molar-refractivity contribution in [3.05, 3.63) is 34.9 Å². The highest BCUT2D eigenvalue weighted by atomic mass is 35.5. The SMILES string of the molecule is CCCCCCCCC(=O)N/N=C(/CC)c1cccc(Cl)c1. The number of hydrogen-bond donors (Lipinski definition) is 1. The third kappa shape index (κ3) is 7.60. The van der Waals surface area contributed by atoms with Gasteiger partial charge in [0.05, 0.1) is 5.71 Å². The topological polar surface area (TPSA) is 41.5 Å². The van der Waals surface area contributed by atoms with Crippen LogP contribution in [0.4, 0.5) is 0 Å². The van der Waals surface area contributed by atoms with E-state index in [9.17, 15) is 4.79 Å². The van der Waals surface area contributed by atoms with Gasteiger partial charge in [0.1, 0.15) is 0 Å². The average molecular weight is 323 g/mol. The van der Waals surface area contributed by atoms with E-state index in [-0.39, 0.29) is 5.91 Å². The lowest BCUT2D eigenvalue weighted by molar-refractivity contribution is -0.121. The minimum atomic E-state index is -0.0107. The second-order valence-corrected chi connectivity index (χ2v) is 5.91. The third-order valence-corrected chi connectivity index (χ3v) is 3.80. The zero-order valence-corrected chi connectivity index (χ0v) is 14.5. The summed E-state index contributed by atoms with van der Waals surface area (Å²) in [5, 5.41) is 4.92. The number of nitrogens with one attached hydrogen (secondary N) is 1. The average Bonchev–Trinajstić information content (AvgIpc) is 2.51. The van der Waals surface area contributed by atoms with E-state index < -0.39 is 0 Å². The van der Waals surface area contributed by atoms with Crippen molar-refractivity contribution in [2.45, 2.75) is 65.2 Å². The molecule has 0 atom stereocenters. The Balaban J connectivity index is 2.36. The third-order valence-electron chi connectivity index (χ3n) is 3.57. The van der Waals surface area contributed by atoms with Crippen LogP contribution in [0.3, 0.4) is 0 Å². The fourth-order valence-corrected chi connectivity index (χ4v) is 2.46. The standard InChI is InChI=1S/C18H27ClN2O/c1-3-5-6-7-8-9-13-18(22)21-20-17(4-2)15-11-10-12-16(19)14-15/h10-12,14H,3-9,13H2,1-2H3,(H,21,22)/b20-17-. The molecule has 0 aliphatic carbocycles. The molecule has 0 aliphatic heterocycles. The predicted molar refractivity (Wildman–Crippen MR) is 94.4 cm³/mol. The number of hydrogen-bond acceptors (Lipinski definition) is 2.